The Kier molecular flexibility index (Phi) is 3.85. The zero-order chi connectivity index (χ0) is 13.8. The third-order valence-electron chi connectivity index (χ3n) is 2.87. The predicted molar refractivity (Wildman–Crippen MR) is 72.8 cm³/mol. The molecule has 100 valence electrons. The molecule has 0 spiro atoms. The Morgan fingerprint density at radius 2 is 1.79 bits per heavy atom. The van der Waals surface area contributed by atoms with Crippen molar-refractivity contribution in [2.45, 2.75) is 20.3 Å². The standard InChI is InChI=1S/C14H16N2O3/c1-3-19-11-6-4-10(5-7-11)8-12-9(2)15-14(18)16-13(12)17/h4-7H,3,8H2,1-2H3,(H2,15,16,17,18). The normalized spacial score (nSPS) is 10.4. The van der Waals surface area contributed by atoms with Crippen LogP contribution in [-0.2, 0) is 6.42 Å². The topological polar surface area (TPSA) is 75.0 Å². The molecule has 0 aliphatic heterocycles. The fourth-order valence-corrected chi connectivity index (χ4v) is 1.91. The maximum absolute atomic E-state index is 11.7. The smallest absolute Gasteiger partial charge is 0.325 e. The molecule has 2 aromatic rings. The Morgan fingerprint density at radius 1 is 1.11 bits per heavy atom. The van der Waals surface area contributed by atoms with Crippen molar-refractivity contribution in [3.8, 4) is 5.75 Å². The first-order chi connectivity index (χ1) is 9.10. The van der Waals surface area contributed by atoms with Crippen molar-refractivity contribution in [2.75, 3.05) is 6.61 Å². The first-order valence-electron chi connectivity index (χ1n) is 6.14. The average molecular weight is 260 g/mol. The minimum absolute atomic E-state index is 0.338. The van der Waals surface area contributed by atoms with Crippen molar-refractivity contribution < 1.29 is 4.74 Å². The van der Waals surface area contributed by atoms with Gasteiger partial charge in [0.2, 0.25) is 0 Å². The predicted octanol–water partition coefficient (Wildman–Crippen LogP) is 1.36. The highest BCUT2D eigenvalue weighted by atomic mass is 16.5. The molecule has 2 rings (SSSR count). The third kappa shape index (κ3) is 3.13. The van der Waals surface area contributed by atoms with Gasteiger partial charge in [-0.3, -0.25) is 9.78 Å². The van der Waals surface area contributed by atoms with E-state index in [1.54, 1.807) is 6.92 Å². The molecular formula is C14H16N2O3. The minimum atomic E-state index is -0.474. The van der Waals surface area contributed by atoms with Crippen LogP contribution in [0.25, 0.3) is 0 Å². The molecule has 0 unspecified atom stereocenters. The quantitative estimate of drug-likeness (QED) is 0.871. The van der Waals surface area contributed by atoms with Gasteiger partial charge in [0.15, 0.2) is 0 Å². The largest absolute Gasteiger partial charge is 0.494 e. The molecule has 0 saturated carbocycles. The molecule has 0 saturated heterocycles. The molecule has 0 radical (unpaired) electrons. The highest BCUT2D eigenvalue weighted by molar-refractivity contribution is 5.31. The second kappa shape index (κ2) is 5.56. The van der Waals surface area contributed by atoms with Gasteiger partial charge in [-0.15, -0.1) is 0 Å². The lowest BCUT2D eigenvalue weighted by Crippen LogP contribution is -2.27. The zero-order valence-electron chi connectivity index (χ0n) is 10.9. The van der Waals surface area contributed by atoms with E-state index in [1.165, 1.54) is 0 Å². The molecule has 1 aromatic carbocycles. The summed E-state index contributed by atoms with van der Waals surface area (Å²) < 4.78 is 5.36. The number of rotatable bonds is 4. The minimum Gasteiger partial charge on any atom is -0.494 e. The van der Waals surface area contributed by atoms with E-state index in [4.69, 9.17) is 4.74 Å². The molecule has 0 aliphatic carbocycles. The van der Waals surface area contributed by atoms with Gasteiger partial charge in [-0.1, -0.05) is 12.1 Å². The number of nitrogens with one attached hydrogen (secondary N) is 2. The maximum atomic E-state index is 11.7. The number of hydrogen-bond donors (Lipinski definition) is 2. The fraction of sp³-hybridized carbons (Fsp3) is 0.286. The molecule has 0 amide bonds. The summed E-state index contributed by atoms with van der Waals surface area (Å²) in [7, 11) is 0. The summed E-state index contributed by atoms with van der Waals surface area (Å²) in [6.45, 7) is 4.27. The number of benzene rings is 1. The van der Waals surface area contributed by atoms with Crippen LogP contribution in [0.3, 0.4) is 0 Å². The van der Waals surface area contributed by atoms with E-state index in [-0.39, 0.29) is 5.56 Å². The summed E-state index contributed by atoms with van der Waals surface area (Å²) in [5.74, 6) is 0.804. The lowest BCUT2D eigenvalue weighted by molar-refractivity contribution is 0.340. The van der Waals surface area contributed by atoms with Gasteiger partial charge >= 0.3 is 5.69 Å². The lowest BCUT2D eigenvalue weighted by atomic mass is 10.1. The highest BCUT2D eigenvalue weighted by Gasteiger charge is 2.07. The number of aromatic amines is 2. The number of ether oxygens (including phenoxy) is 1. The fourth-order valence-electron chi connectivity index (χ4n) is 1.91. The molecule has 0 aliphatic rings. The van der Waals surface area contributed by atoms with Crippen LogP contribution in [0.1, 0.15) is 23.7 Å². The molecular weight excluding hydrogens is 244 g/mol. The van der Waals surface area contributed by atoms with E-state index >= 15 is 0 Å². The Morgan fingerprint density at radius 3 is 2.37 bits per heavy atom. The van der Waals surface area contributed by atoms with Crippen LogP contribution in [-0.4, -0.2) is 16.6 Å². The summed E-state index contributed by atoms with van der Waals surface area (Å²) in [6, 6.07) is 7.56. The van der Waals surface area contributed by atoms with E-state index < -0.39 is 5.69 Å². The van der Waals surface area contributed by atoms with Crippen molar-refractivity contribution in [1.82, 2.24) is 9.97 Å². The van der Waals surface area contributed by atoms with Crippen LogP contribution in [0.2, 0.25) is 0 Å². The zero-order valence-corrected chi connectivity index (χ0v) is 10.9. The van der Waals surface area contributed by atoms with Crippen LogP contribution in [0.5, 0.6) is 5.75 Å². The van der Waals surface area contributed by atoms with E-state index in [9.17, 15) is 9.59 Å². The van der Waals surface area contributed by atoms with E-state index in [2.05, 4.69) is 9.97 Å². The van der Waals surface area contributed by atoms with Crippen LogP contribution in [0.4, 0.5) is 0 Å². The van der Waals surface area contributed by atoms with Gasteiger partial charge in [-0.25, -0.2) is 4.79 Å². The molecule has 0 fully saturated rings. The monoisotopic (exact) mass is 260 g/mol. The summed E-state index contributed by atoms with van der Waals surface area (Å²) in [4.78, 5) is 27.7. The van der Waals surface area contributed by atoms with Gasteiger partial charge in [0.25, 0.3) is 5.56 Å². The van der Waals surface area contributed by atoms with E-state index in [1.807, 2.05) is 31.2 Å². The summed E-state index contributed by atoms with van der Waals surface area (Å²) in [5.41, 5.74) is 1.35. The second-order valence-corrected chi connectivity index (χ2v) is 4.27. The first kappa shape index (κ1) is 13.1. The van der Waals surface area contributed by atoms with Crippen LogP contribution in [0, 0.1) is 6.92 Å². The van der Waals surface area contributed by atoms with Crippen LogP contribution < -0.4 is 16.0 Å². The van der Waals surface area contributed by atoms with Gasteiger partial charge in [-0.05, 0) is 31.5 Å². The van der Waals surface area contributed by atoms with Gasteiger partial charge in [0.1, 0.15) is 5.75 Å². The van der Waals surface area contributed by atoms with E-state index in [0.717, 1.165) is 11.3 Å². The molecule has 0 atom stereocenters. The highest BCUT2D eigenvalue weighted by Crippen LogP contribution is 2.14. The van der Waals surface area contributed by atoms with Crippen molar-refractivity contribution >= 4 is 0 Å². The Bertz CT molecular complexity index is 668. The number of hydrogen-bond acceptors (Lipinski definition) is 3. The Hall–Kier alpha value is -2.30. The number of aromatic nitrogens is 2. The van der Waals surface area contributed by atoms with Gasteiger partial charge < -0.3 is 9.72 Å². The molecule has 5 nitrogen and oxygen atoms in total. The van der Waals surface area contributed by atoms with Crippen molar-refractivity contribution in [2.24, 2.45) is 0 Å². The van der Waals surface area contributed by atoms with Crippen LogP contribution in [0.15, 0.2) is 33.9 Å². The van der Waals surface area contributed by atoms with Crippen molar-refractivity contribution in [1.29, 1.82) is 0 Å². The first-order valence-corrected chi connectivity index (χ1v) is 6.14. The average Bonchev–Trinajstić information content (AvgIpc) is 2.36. The molecule has 2 N–H and O–H groups in total. The SMILES string of the molecule is CCOc1ccc(Cc2c(C)[nH]c(=O)[nH]c2=O)cc1. The van der Waals surface area contributed by atoms with Crippen LogP contribution >= 0.6 is 0 Å². The molecule has 1 heterocycles. The lowest BCUT2D eigenvalue weighted by Gasteiger charge is -2.06. The molecule has 0 bridgehead atoms. The summed E-state index contributed by atoms with van der Waals surface area (Å²) in [5, 5.41) is 0. The van der Waals surface area contributed by atoms with Gasteiger partial charge in [0.05, 0.1) is 6.61 Å². The second-order valence-electron chi connectivity index (χ2n) is 4.27. The van der Waals surface area contributed by atoms with Crippen molar-refractivity contribution in [3.05, 3.63) is 61.9 Å². The Balaban J connectivity index is 2.26. The third-order valence-corrected chi connectivity index (χ3v) is 2.87. The number of H-pyrrole nitrogens is 2. The van der Waals surface area contributed by atoms with Crippen molar-refractivity contribution in [3.63, 3.8) is 0 Å². The summed E-state index contributed by atoms with van der Waals surface area (Å²) in [6.07, 6.45) is 0.477. The Labute approximate surface area is 110 Å². The van der Waals surface area contributed by atoms with Gasteiger partial charge in [0, 0.05) is 17.7 Å². The maximum Gasteiger partial charge on any atom is 0.325 e. The van der Waals surface area contributed by atoms with E-state index in [0.29, 0.717) is 24.3 Å². The number of aryl methyl sites for hydroxylation is 1. The van der Waals surface area contributed by atoms with Gasteiger partial charge in [-0.2, -0.15) is 0 Å². The molecule has 5 heteroatoms. The molecule has 1 aromatic heterocycles. The molecule has 19 heavy (non-hydrogen) atoms. The summed E-state index contributed by atoms with van der Waals surface area (Å²) >= 11 is 0.